The molecular weight excluding hydrogens is 324 g/mol. The van der Waals surface area contributed by atoms with Crippen LogP contribution in [0, 0.1) is 0 Å². The van der Waals surface area contributed by atoms with Crippen molar-refractivity contribution in [3.63, 3.8) is 0 Å². The molecule has 0 fully saturated rings. The van der Waals surface area contributed by atoms with E-state index < -0.39 is 6.04 Å². The maximum atomic E-state index is 12.4. The van der Waals surface area contributed by atoms with Gasteiger partial charge in [-0.3, -0.25) is 9.59 Å². The zero-order valence-corrected chi connectivity index (χ0v) is 14.6. The van der Waals surface area contributed by atoms with Crippen molar-refractivity contribution in [1.29, 1.82) is 0 Å². The molecule has 0 aliphatic carbocycles. The summed E-state index contributed by atoms with van der Waals surface area (Å²) in [5.74, 6) is -0.332. The van der Waals surface area contributed by atoms with Crippen LogP contribution in [0.4, 0.5) is 5.69 Å². The van der Waals surface area contributed by atoms with E-state index in [4.69, 9.17) is 11.6 Å². The molecule has 0 spiro atoms. The zero-order chi connectivity index (χ0) is 17.5. The number of aryl methyl sites for hydroxylation is 1. The highest BCUT2D eigenvalue weighted by atomic mass is 35.5. The summed E-state index contributed by atoms with van der Waals surface area (Å²) in [6, 6.07) is 14.4. The van der Waals surface area contributed by atoms with Gasteiger partial charge in [-0.2, -0.15) is 0 Å². The lowest BCUT2D eigenvalue weighted by Gasteiger charge is -2.19. The van der Waals surface area contributed by atoms with E-state index in [9.17, 15) is 9.59 Å². The average molecular weight is 345 g/mol. The van der Waals surface area contributed by atoms with Crippen LogP contribution in [0.1, 0.15) is 37.4 Å². The molecule has 2 rings (SSSR count). The van der Waals surface area contributed by atoms with Gasteiger partial charge in [0.25, 0.3) is 0 Å². The lowest BCUT2D eigenvalue weighted by molar-refractivity contribution is -0.120. The van der Waals surface area contributed by atoms with E-state index in [-0.39, 0.29) is 18.2 Å². The molecule has 5 heteroatoms. The molecular formula is C19H21ClN2O2. The third kappa shape index (κ3) is 5.10. The summed E-state index contributed by atoms with van der Waals surface area (Å²) in [6.07, 6.45) is 0.988. The molecule has 0 saturated heterocycles. The van der Waals surface area contributed by atoms with Gasteiger partial charge in [-0.1, -0.05) is 48.9 Å². The second kappa shape index (κ2) is 8.50. The van der Waals surface area contributed by atoms with Gasteiger partial charge < -0.3 is 10.6 Å². The van der Waals surface area contributed by atoms with E-state index in [1.807, 2.05) is 43.3 Å². The van der Waals surface area contributed by atoms with E-state index in [1.54, 1.807) is 12.1 Å². The monoisotopic (exact) mass is 344 g/mol. The number of amides is 2. The third-order valence-corrected chi connectivity index (χ3v) is 3.96. The Kier molecular flexibility index (Phi) is 6.38. The smallest absolute Gasteiger partial charge is 0.226 e. The molecule has 0 saturated carbocycles. The van der Waals surface area contributed by atoms with Crippen LogP contribution in [0.15, 0.2) is 48.5 Å². The van der Waals surface area contributed by atoms with Crippen LogP contribution in [0.2, 0.25) is 5.02 Å². The van der Waals surface area contributed by atoms with E-state index >= 15 is 0 Å². The van der Waals surface area contributed by atoms with Gasteiger partial charge in [-0.05, 0) is 35.7 Å². The molecule has 4 nitrogen and oxygen atoms in total. The standard InChI is InChI=1S/C19H21ClN2O2/c1-3-14-6-4-5-7-17(14)22-19(24)12-18(21-13(2)23)15-8-10-16(20)11-9-15/h4-11,18H,3,12H2,1-2H3,(H,21,23)(H,22,24). The highest BCUT2D eigenvalue weighted by Gasteiger charge is 2.17. The minimum Gasteiger partial charge on any atom is -0.349 e. The van der Waals surface area contributed by atoms with Crippen molar-refractivity contribution >= 4 is 29.1 Å². The van der Waals surface area contributed by atoms with Gasteiger partial charge >= 0.3 is 0 Å². The largest absolute Gasteiger partial charge is 0.349 e. The predicted molar refractivity (Wildman–Crippen MR) is 97.1 cm³/mol. The number of benzene rings is 2. The van der Waals surface area contributed by atoms with Gasteiger partial charge in [0, 0.05) is 17.6 Å². The van der Waals surface area contributed by atoms with Crippen molar-refractivity contribution in [3.05, 3.63) is 64.7 Å². The van der Waals surface area contributed by atoms with Crippen molar-refractivity contribution < 1.29 is 9.59 Å². The number of anilines is 1. The number of carbonyl (C=O) groups excluding carboxylic acids is 2. The third-order valence-electron chi connectivity index (χ3n) is 3.71. The molecule has 0 aromatic heterocycles. The summed E-state index contributed by atoms with van der Waals surface area (Å²) < 4.78 is 0. The van der Waals surface area contributed by atoms with Gasteiger partial charge in [0.15, 0.2) is 0 Å². The van der Waals surface area contributed by atoms with Crippen LogP contribution in [-0.2, 0) is 16.0 Å². The minimum atomic E-state index is -0.395. The summed E-state index contributed by atoms with van der Waals surface area (Å²) in [5.41, 5.74) is 2.73. The number of carbonyl (C=O) groups is 2. The summed E-state index contributed by atoms with van der Waals surface area (Å²) in [4.78, 5) is 23.9. The summed E-state index contributed by atoms with van der Waals surface area (Å²) >= 11 is 5.90. The molecule has 0 bridgehead atoms. The Labute approximate surface area is 147 Å². The molecule has 0 heterocycles. The fourth-order valence-corrected chi connectivity index (χ4v) is 2.66. The SMILES string of the molecule is CCc1ccccc1NC(=O)CC(NC(C)=O)c1ccc(Cl)cc1. The first kappa shape index (κ1) is 18.0. The number of para-hydroxylation sites is 1. The fraction of sp³-hybridized carbons (Fsp3) is 0.263. The van der Waals surface area contributed by atoms with Crippen molar-refractivity contribution in [1.82, 2.24) is 5.32 Å². The van der Waals surface area contributed by atoms with Gasteiger partial charge in [-0.15, -0.1) is 0 Å². The maximum Gasteiger partial charge on any atom is 0.226 e. The van der Waals surface area contributed by atoms with Gasteiger partial charge in [-0.25, -0.2) is 0 Å². The first-order valence-corrected chi connectivity index (χ1v) is 8.27. The number of hydrogen-bond donors (Lipinski definition) is 2. The fourth-order valence-electron chi connectivity index (χ4n) is 2.53. The summed E-state index contributed by atoms with van der Waals surface area (Å²) in [5, 5.41) is 6.36. The first-order chi connectivity index (χ1) is 11.5. The zero-order valence-electron chi connectivity index (χ0n) is 13.8. The van der Waals surface area contributed by atoms with E-state index in [0.29, 0.717) is 5.02 Å². The van der Waals surface area contributed by atoms with Crippen molar-refractivity contribution in [2.24, 2.45) is 0 Å². The van der Waals surface area contributed by atoms with Crippen LogP contribution in [0.25, 0.3) is 0 Å². The van der Waals surface area contributed by atoms with Gasteiger partial charge in [0.05, 0.1) is 12.5 Å². The molecule has 2 amide bonds. The Balaban J connectivity index is 2.12. The molecule has 24 heavy (non-hydrogen) atoms. The number of halogens is 1. The van der Waals surface area contributed by atoms with E-state index in [2.05, 4.69) is 10.6 Å². The van der Waals surface area contributed by atoms with E-state index in [1.165, 1.54) is 6.92 Å². The lowest BCUT2D eigenvalue weighted by atomic mass is 10.0. The maximum absolute atomic E-state index is 12.4. The molecule has 1 atom stereocenters. The normalized spacial score (nSPS) is 11.6. The van der Waals surface area contributed by atoms with Crippen molar-refractivity contribution in [3.8, 4) is 0 Å². The van der Waals surface area contributed by atoms with E-state index in [0.717, 1.165) is 23.2 Å². The Bertz CT molecular complexity index is 714. The Hall–Kier alpha value is -2.33. The van der Waals surface area contributed by atoms with Crippen LogP contribution in [-0.4, -0.2) is 11.8 Å². The molecule has 2 aromatic rings. The Morgan fingerprint density at radius 2 is 1.75 bits per heavy atom. The Morgan fingerprint density at radius 1 is 1.08 bits per heavy atom. The number of nitrogens with one attached hydrogen (secondary N) is 2. The second-order valence-electron chi connectivity index (χ2n) is 5.57. The van der Waals surface area contributed by atoms with Crippen LogP contribution in [0.5, 0.6) is 0 Å². The molecule has 1 unspecified atom stereocenters. The molecule has 126 valence electrons. The van der Waals surface area contributed by atoms with Crippen LogP contribution in [0.3, 0.4) is 0 Å². The molecule has 0 aliphatic heterocycles. The topological polar surface area (TPSA) is 58.2 Å². The average Bonchev–Trinajstić information content (AvgIpc) is 2.55. The van der Waals surface area contributed by atoms with Crippen LogP contribution >= 0.6 is 11.6 Å². The van der Waals surface area contributed by atoms with Gasteiger partial charge in [0.2, 0.25) is 11.8 Å². The van der Waals surface area contributed by atoms with Crippen LogP contribution < -0.4 is 10.6 Å². The molecule has 0 aliphatic rings. The second-order valence-corrected chi connectivity index (χ2v) is 6.00. The summed E-state index contributed by atoms with van der Waals surface area (Å²) in [7, 11) is 0. The quantitative estimate of drug-likeness (QED) is 0.828. The number of rotatable bonds is 6. The molecule has 2 aromatic carbocycles. The molecule has 0 radical (unpaired) electrons. The van der Waals surface area contributed by atoms with Crippen molar-refractivity contribution in [2.45, 2.75) is 32.7 Å². The predicted octanol–water partition coefficient (Wildman–Crippen LogP) is 4.11. The highest BCUT2D eigenvalue weighted by Crippen LogP contribution is 2.21. The first-order valence-electron chi connectivity index (χ1n) is 7.90. The van der Waals surface area contributed by atoms with Gasteiger partial charge in [0.1, 0.15) is 0 Å². The van der Waals surface area contributed by atoms with Crippen molar-refractivity contribution in [2.75, 3.05) is 5.32 Å². The minimum absolute atomic E-state index is 0.149. The highest BCUT2D eigenvalue weighted by molar-refractivity contribution is 6.30. The molecule has 2 N–H and O–H groups in total. The summed E-state index contributed by atoms with van der Waals surface area (Å²) in [6.45, 7) is 3.48. The number of hydrogen-bond acceptors (Lipinski definition) is 2. The Morgan fingerprint density at radius 3 is 2.38 bits per heavy atom. The lowest BCUT2D eigenvalue weighted by Crippen LogP contribution is -2.29.